The molecule has 1 amide bonds. The van der Waals surface area contributed by atoms with E-state index in [0.717, 1.165) is 24.2 Å². The minimum absolute atomic E-state index is 0. The number of hydrogen-bond donors (Lipinski definition) is 1. The van der Waals surface area contributed by atoms with Gasteiger partial charge in [-0.3, -0.25) is 14.5 Å². The summed E-state index contributed by atoms with van der Waals surface area (Å²) in [5, 5.41) is 3.56. The standard InChI is InChI=1S/C28H34N2O3.ClH/c1-18(2)21-8-10-22(11-9-21)24(30-12-6-5-7-13-30)17-29-28(32)26-16-25(31)23-15-19(3)14-20(4)27(23)33-26;/h8-11,14-16,18,24H,5-7,12-13,17H2,1-4H3,(H,29,32);1H. The molecule has 1 unspecified atom stereocenters. The molecule has 1 fully saturated rings. The van der Waals surface area contributed by atoms with Crippen LogP contribution in [0.25, 0.3) is 11.0 Å². The topological polar surface area (TPSA) is 62.6 Å². The predicted octanol–water partition coefficient (Wildman–Crippen LogP) is 5.91. The second-order valence-electron chi connectivity index (χ2n) is 9.58. The maximum atomic E-state index is 13.0. The van der Waals surface area contributed by atoms with Crippen molar-refractivity contribution in [3.05, 3.63) is 80.7 Å². The van der Waals surface area contributed by atoms with E-state index in [1.165, 1.54) is 36.5 Å². The van der Waals surface area contributed by atoms with Gasteiger partial charge in [-0.15, -0.1) is 12.4 Å². The zero-order valence-corrected chi connectivity index (χ0v) is 21.3. The van der Waals surface area contributed by atoms with Crippen molar-refractivity contribution in [1.29, 1.82) is 0 Å². The molecule has 6 heteroatoms. The molecule has 3 aromatic rings. The number of carbonyl (C=O) groups is 1. The summed E-state index contributed by atoms with van der Waals surface area (Å²) in [4.78, 5) is 28.1. The Balaban J connectivity index is 0.00000324. The lowest BCUT2D eigenvalue weighted by molar-refractivity contribution is 0.0897. The van der Waals surface area contributed by atoms with E-state index < -0.39 is 0 Å². The zero-order chi connectivity index (χ0) is 23.5. The van der Waals surface area contributed by atoms with Crippen LogP contribution in [0, 0.1) is 13.8 Å². The number of nitrogens with zero attached hydrogens (tertiary/aromatic N) is 1. The molecular weight excluding hydrogens is 448 g/mol. The molecule has 1 aliphatic rings. The summed E-state index contributed by atoms with van der Waals surface area (Å²) in [6, 6.07) is 13.9. The van der Waals surface area contributed by atoms with Crippen LogP contribution in [-0.2, 0) is 0 Å². The van der Waals surface area contributed by atoms with E-state index >= 15 is 0 Å². The SMILES string of the molecule is Cc1cc(C)c2oc(C(=O)NCC(c3ccc(C(C)C)cc3)N3CCCCC3)cc(=O)c2c1.Cl. The van der Waals surface area contributed by atoms with E-state index in [1.54, 1.807) is 0 Å². The third-order valence-corrected chi connectivity index (χ3v) is 6.66. The fraction of sp³-hybridized carbons (Fsp3) is 0.429. The van der Waals surface area contributed by atoms with Crippen molar-refractivity contribution in [2.45, 2.75) is 58.9 Å². The first kappa shape index (κ1) is 26.0. The van der Waals surface area contributed by atoms with Crippen LogP contribution >= 0.6 is 12.4 Å². The van der Waals surface area contributed by atoms with Gasteiger partial charge in [-0.25, -0.2) is 0 Å². The lowest BCUT2D eigenvalue weighted by atomic mass is 9.97. The molecular formula is C28H35ClN2O3. The Morgan fingerprint density at radius 1 is 1.00 bits per heavy atom. The van der Waals surface area contributed by atoms with Crippen LogP contribution in [0.5, 0.6) is 0 Å². The van der Waals surface area contributed by atoms with E-state index in [4.69, 9.17) is 4.42 Å². The van der Waals surface area contributed by atoms with Crippen LogP contribution in [-0.4, -0.2) is 30.4 Å². The molecule has 2 heterocycles. The molecule has 1 N–H and O–H groups in total. The van der Waals surface area contributed by atoms with Gasteiger partial charge in [-0.05, 0) is 74.0 Å². The lowest BCUT2D eigenvalue weighted by Crippen LogP contribution is -2.40. The first-order chi connectivity index (χ1) is 15.8. The Morgan fingerprint density at radius 3 is 2.29 bits per heavy atom. The molecule has 1 atom stereocenters. The van der Waals surface area contributed by atoms with Crippen molar-refractivity contribution >= 4 is 29.3 Å². The van der Waals surface area contributed by atoms with Gasteiger partial charge < -0.3 is 9.73 Å². The van der Waals surface area contributed by atoms with Gasteiger partial charge in [0.25, 0.3) is 5.91 Å². The molecule has 34 heavy (non-hydrogen) atoms. The largest absolute Gasteiger partial charge is 0.450 e. The molecule has 0 bridgehead atoms. The second kappa shape index (κ2) is 11.2. The highest BCUT2D eigenvalue weighted by Crippen LogP contribution is 2.26. The summed E-state index contributed by atoms with van der Waals surface area (Å²) in [5.41, 5.74) is 4.65. The van der Waals surface area contributed by atoms with Gasteiger partial charge >= 0.3 is 0 Å². The Bertz CT molecular complexity index is 1190. The summed E-state index contributed by atoms with van der Waals surface area (Å²) in [5.74, 6) is 0.192. The number of aryl methyl sites for hydroxylation is 2. The number of piperidine rings is 1. The van der Waals surface area contributed by atoms with Gasteiger partial charge in [0.15, 0.2) is 11.2 Å². The van der Waals surface area contributed by atoms with Crippen molar-refractivity contribution in [3.63, 3.8) is 0 Å². The summed E-state index contributed by atoms with van der Waals surface area (Å²) >= 11 is 0. The normalized spacial score (nSPS) is 15.2. The highest BCUT2D eigenvalue weighted by Gasteiger charge is 2.24. The Morgan fingerprint density at radius 2 is 1.65 bits per heavy atom. The Hall–Kier alpha value is -2.63. The van der Waals surface area contributed by atoms with Gasteiger partial charge in [-0.1, -0.05) is 50.6 Å². The maximum Gasteiger partial charge on any atom is 0.287 e. The van der Waals surface area contributed by atoms with Crippen molar-refractivity contribution < 1.29 is 9.21 Å². The highest BCUT2D eigenvalue weighted by molar-refractivity contribution is 5.93. The zero-order valence-electron chi connectivity index (χ0n) is 20.5. The molecule has 1 saturated heterocycles. The number of fused-ring (bicyclic) bond motifs is 1. The maximum absolute atomic E-state index is 13.0. The molecule has 2 aromatic carbocycles. The van der Waals surface area contributed by atoms with Gasteiger partial charge in [0.2, 0.25) is 0 Å². The number of amides is 1. The van der Waals surface area contributed by atoms with E-state index in [9.17, 15) is 9.59 Å². The first-order valence-corrected chi connectivity index (χ1v) is 12.0. The van der Waals surface area contributed by atoms with E-state index in [-0.39, 0.29) is 35.5 Å². The average Bonchev–Trinajstić information content (AvgIpc) is 2.80. The summed E-state index contributed by atoms with van der Waals surface area (Å²) in [6.45, 7) is 10.7. The van der Waals surface area contributed by atoms with Crippen molar-refractivity contribution in [3.8, 4) is 0 Å². The number of likely N-dealkylation sites (tertiary alicyclic amines) is 1. The van der Waals surface area contributed by atoms with Gasteiger partial charge in [0.05, 0.1) is 11.4 Å². The van der Waals surface area contributed by atoms with Crippen molar-refractivity contribution in [2.75, 3.05) is 19.6 Å². The fourth-order valence-electron chi connectivity index (χ4n) is 4.79. The van der Waals surface area contributed by atoms with Crippen molar-refractivity contribution in [2.24, 2.45) is 0 Å². The predicted molar refractivity (Wildman–Crippen MR) is 140 cm³/mol. The number of nitrogens with one attached hydrogen (secondary N) is 1. The minimum Gasteiger partial charge on any atom is -0.450 e. The summed E-state index contributed by atoms with van der Waals surface area (Å²) in [7, 11) is 0. The molecule has 4 rings (SSSR count). The van der Waals surface area contributed by atoms with Gasteiger partial charge in [-0.2, -0.15) is 0 Å². The number of benzene rings is 2. The minimum atomic E-state index is -0.352. The smallest absolute Gasteiger partial charge is 0.287 e. The van der Waals surface area contributed by atoms with Crippen molar-refractivity contribution in [1.82, 2.24) is 10.2 Å². The van der Waals surface area contributed by atoms with E-state index in [1.807, 2.05) is 26.0 Å². The Kier molecular flexibility index (Phi) is 8.56. The van der Waals surface area contributed by atoms with Crippen LogP contribution in [0.4, 0.5) is 0 Å². The number of rotatable bonds is 6. The molecule has 182 valence electrons. The van der Waals surface area contributed by atoms with Gasteiger partial charge in [0, 0.05) is 12.6 Å². The quantitative estimate of drug-likeness (QED) is 0.474. The van der Waals surface area contributed by atoms with Crippen LogP contribution in [0.1, 0.15) is 77.9 Å². The van der Waals surface area contributed by atoms with E-state index in [2.05, 4.69) is 48.3 Å². The third-order valence-electron chi connectivity index (χ3n) is 6.66. The number of carbonyl (C=O) groups excluding carboxylic acids is 1. The molecule has 0 spiro atoms. The fourth-order valence-corrected chi connectivity index (χ4v) is 4.79. The third kappa shape index (κ3) is 5.70. The summed E-state index contributed by atoms with van der Waals surface area (Å²) < 4.78 is 5.89. The van der Waals surface area contributed by atoms with Crippen LogP contribution in [0.2, 0.25) is 0 Å². The molecule has 1 aliphatic heterocycles. The average molecular weight is 483 g/mol. The molecule has 0 radical (unpaired) electrons. The summed E-state index contributed by atoms with van der Waals surface area (Å²) in [6.07, 6.45) is 3.60. The van der Waals surface area contributed by atoms with Gasteiger partial charge in [0.1, 0.15) is 5.58 Å². The number of hydrogen-bond acceptors (Lipinski definition) is 4. The molecule has 5 nitrogen and oxygen atoms in total. The number of halogens is 1. The molecule has 0 saturated carbocycles. The highest BCUT2D eigenvalue weighted by atomic mass is 35.5. The van der Waals surface area contributed by atoms with E-state index in [0.29, 0.717) is 23.4 Å². The Labute approximate surface area is 207 Å². The molecule has 0 aliphatic carbocycles. The monoisotopic (exact) mass is 482 g/mol. The first-order valence-electron chi connectivity index (χ1n) is 12.0. The second-order valence-corrected chi connectivity index (χ2v) is 9.58. The van der Waals surface area contributed by atoms with Crippen LogP contribution < -0.4 is 10.7 Å². The van der Waals surface area contributed by atoms with Crippen LogP contribution in [0.15, 0.2) is 51.7 Å². The van der Waals surface area contributed by atoms with Crippen LogP contribution in [0.3, 0.4) is 0 Å². The lowest BCUT2D eigenvalue weighted by Gasteiger charge is -2.35. The molecule has 1 aromatic heterocycles.